The van der Waals surface area contributed by atoms with E-state index in [1.165, 1.54) is 18.3 Å². The largest absolute Gasteiger partial charge is 0.383 e. The van der Waals surface area contributed by atoms with Crippen molar-refractivity contribution >= 4 is 30.1 Å². The summed E-state index contributed by atoms with van der Waals surface area (Å²) in [6.07, 6.45) is 5.78. The quantitative estimate of drug-likeness (QED) is 0.357. The summed E-state index contributed by atoms with van der Waals surface area (Å²) in [6, 6.07) is 15.0. The summed E-state index contributed by atoms with van der Waals surface area (Å²) in [5.74, 6) is -0.315. The molecule has 1 aromatic heterocycles. The maximum Gasteiger partial charge on any atom is 0.148 e. The molecule has 1 atom stereocenters. The van der Waals surface area contributed by atoms with Crippen LogP contribution in [-0.2, 0) is 5.44 Å². The van der Waals surface area contributed by atoms with Crippen LogP contribution in [0.1, 0.15) is 50.3 Å². The van der Waals surface area contributed by atoms with E-state index >= 15 is 0 Å². The Morgan fingerprint density at radius 3 is 2.47 bits per heavy atom. The number of hydrazine groups is 2. The summed E-state index contributed by atoms with van der Waals surface area (Å²) < 4.78 is 13.9. The summed E-state index contributed by atoms with van der Waals surface area (Å²) in [5.41, 5.74) is 10.0. The zero-order chi connectivity index (χ0) is 27.1. The molecule has 0 spiro atoms. The molecule has 0 amide bonds. The molecule has 1 aliphatic heterocycles. The van der Waals surface area contributed by atoms with E-state index < -0.39 is 5.44 Å². The average Bonchev–Trinajstić information content (AvgIpc) is 3.62. The second kappa shape index (κ2) is 9.55. The summed E-state index contributed by atoms with van der Waals surface area (Å²) in [5, 5.41) is 29.6. The number of nitrogens with zero attached hydrogens (tertiary/aromatic N) is 4. The van der Waals surface area contributed by atoms with E-state index in [0.29, 0.717) is 46.0 Å². The lowest BCUT2D eigenvalue weighted by Gasteiger charge is -2.34. The predicted octanol–water partition coefficient (Wildman–Crippen LogP) is 3.80. The maximum atomic E-state index is 13.9. The van der Waals surface area contributed by atoms with E-state index in [2.05, 4.69) is 64.5 Å². The van der Waals surface area contributed by atoms with Crippen LogP contribution in [0.5, 0.6) is 0 Å². The highest BCUT2D eigenvalue weighted by Crippen LogP contribution is 2.37. The Balaban J connectivity index is 1.63. The fraction of sp³-hybridized carbons (Fsp3) is 0.321. The zero-order valence-corrected chi connectivity index (χ0v) is 22.0. The van der Waals surface area contributed by atoms with Crippen LogP contribution in [0.3, 0.4) is 0 Å². The van der Waals surface area contributed by atoms with Crippen LogP contribution in [0.2, 0.25) is 0 Å². The standard InChI is InChI=1S/C28H30BFN8/c1-27(2,3)16-34-26-18(13-32)14-33-25-17(12-31)10-21(11-23(25)26)35-28(29,19-4-6-20(30)7-5-19)24-15-38(37-36-24)22-8-9-22/h4-7,10-11,14-15,22,35-37H,8-9,16,29H2,1-3H3,(H,33,34). The molecule has 8 nitrogen and oxygen atoms in total. The fourth-order valence-corrected chi connectivity index (χ4v) is 4.59. The van der Waals surface area contributed by atoms with Crippen LogP contribution in [-0.4, -0.2) is 30.4 Å². The van der Waals surface area contributed by atoms with Crippen molar-refractivity contribution in [2.75, 3.05) is 17.2 Å². The van der Waals surface area contributed by atoms with Gasteiger partial charge >= 0.3 is 0 Å². The molecule has 2 aromatic carbocycles. The summed E-state index contributed by atoms with van der Waals surface area (Å²) in [4.78, 5) is 4.45. The lowest BCUT2D eigenvalue weighted by Crippen LogP contribution is -2.45. The van der Waals surface area contributed by atoms with Gasteiger partial charge < -0.3 is 16.1 Å². The number of pyridine rings is 1. The number of nitriles is 2. The Kier molecular flexibility index (Phi) is 6.38. The third-order valence-corrected chi connectivity index (χ3v) is 6.89. The molecule has 5 rings (SSSR count). The lowest BCUT2D eigenvalue weighted by atomic mass is 9.69. The molecule has 1 saturated carbocycles. The Morgan fingerprint density at radius 2 is 1.84 bits per heavy atom. The van der Waals surface area contributed by atoms with Gasteiger partial charge in [0.05, 0.1) is 33.5 Å². The number of aromatic nitrogens is 1. The van der Waals surface area contributed by atoms with Gasteiger partial charge in [0.1, 0.15) is 25.8 Å². The number of nitrogens with one attached hydrogen (secondary N) is 4. The van der Waals surface area contributed by atoms with Crippen molar-refractivity contribution in [1.82, 2.24) is 21.0 Å². The number of rotatable bonds is 7. The SMILES string of the molecule is BC(Nc1cc(C#N)c2ncc(C#N)c(NCC(C)(C)C)c2c1)(C1=CN(C2CC2)NN1)c1ccc(F)cc1. The minimum absolute atomic E-state index is 0.0293. The van der Waals surface area contributed by atoms with Crippen molar-refractivity contribution in [2.24, 2.45) is 5.41 Å². The molecule has 0 radical (unpaired) electrons. The van der Waals surface area contributed by atoms with E-state index in [4.69, 9.17) is 0 Å². The summed E-state index contributed by atoms with van der Waals surface area (Å²) >= 11 is 0. The summed E-state index contributed by atoms with van der Waals surface area (Å²) in [6.45, 7) is 6.96. The van der Waals surface area contributed by atoms with Crippen LogP contribution in [0.25, 0.3) is 10.9 Å². The van der Waals surface area contributed by atoms with Crippen molar-refractivity contribution in [2.45, 2.75) is 45.1 Å². The first-order valence-electron chi connectivity index (χ1n) is 12.7. The van der Waals surface area contributed by atoms with Crippen molar-refractivity contribution in [1.29, 1.82) is 10.5 Å². The second-order valence-electron chi connectivity index (χ2n) is 11.3. The monoisotopic (exact) mass is 508 g/mol. The Morgan fingerprint density at radius 1 is 1.13 bits per heavy atom. The molecule has 10 heteroatoms. The molecule has 4 N–H and O–H groups in total. The number of anilines is 2. The number of hydrogen-bond acceptors (Lipinski definition) is 8. The third-order valence-electron chi connectivity index (χ3n) is 6.89. The minimum atomic E-state index is -0.802. The molecule has 0 saturated heterocycles. The first kappa shape index (κ1) is 25.4. The first-order valence-corrected chi connectivity index (χ1v) is 12.7. The van der Waals surface area contributed by atoms with Gasteiger partial charge in [-0.2, -0.15) is 10.5 Å². The summed E-state index contributed by atoms with van der Waals surface area (Å²) in [7, 11) is 2.01. The molecule has 38 heavy (non-hydrogen) atoms. The molecular weight excluding hydrogens is 478 g/mol. The number of hydrogen-bond donors (Lipinski definition) is 4. The third kappa shape index (κ3) is 4.96. The molecule has 2 heterocycles. The topological polar surface area (TPSA) is 112 Å². The van der Waals surface area contributed by atoms with Crippen molar-refractivity contribution in [3.63, 3.8) is 0 Å². The molecular formula is C28H30BFN8. The highest BCUT2D eigenvalue weighted by atomic mass is 19.1. The Bertz CT molecular complexity index is 1490. The van der Waals surface area contributed by atoms with Gasteiger partial charge in [-0.1, -0.05) is 32.9 Å². The van der Waals surface area contributed by atoms with Gasteiger partial charge in [0, 0.05) is 36.1 Å². The second-order valence-corrected chi connectivity index (χ2v) is 11.3. The number of benzene rings is 2. The van der Waals surface area contributed by atoms with E-state index in [1.807, 2.05) is 20.1 Å². The molecule has 0 bridgehead atoms. The number of fused-ring (bicyclic) bond motifs is 1. The van der Waals surface area contributed by atoms with Crippen molar-refractivity contribution in [3.8, 4) is 12.1 Å². The predicted molar refractivity (Wildman–Crippen MR) is 149 cm³/mol. The molecule has 1 unspecified atom stereocenters. The van der Waals surface area contributed by atoms with Gasteiger partial charge in [0.25, 0.3) is 0 Å². The van der Waals surface area contributed by atoms with Crippen molar-refractivity contribution < 1.29 is 4.39 Å². The Hall–Kier alpha value is -4.28. The molecule has 192 valence electrons. The van der Waals surface area contributed by atoms with E-state index in [-0.39, 0.29) is 11.2 Å². The van der Waals surface area contributed by atoms with Gasteiger partial charge in [-0.15, -0.1) is 5.53 Å². The highest BCUT2D eigenvalue weighted by molar-refractivity contribution is 6.19. The van der Waals surface area contributed by atoms with E-state index in [0.717, 1.165) is 24.1 Å². The van der Waals surface area contributed by atoms with Gasteiger partial charge in [0.2, 0.25) is 0 Å². The lowest BCUT2D eigenvalue weighted by molar-refractivity contribution is 0.260. The molecule has 3 aromatic rings. The van der Waals surface area contributed by atoms with Crippen LogP contribution in [0, 0.1) is 33.9 Å². The van der Waals surface area contributed by atoms with Crippen LogP contribution in [0.15, 0.2) is 54.5 Å². The smallest absolute Gasteiger partial charge is 0.148 e. The minimum Gasteiger partial charge on any atom is -0.383 e. The highest BCUT2D eigenvalue weighted by Gasteiger charge is 2.38. The van der Waals surface area contributed by atoms with E-state index in [9.17, 15) is 14.9 Å². The Labute approximate surface area is 222 Å². The zero-order valence-electron chi connectivity index (χ0n) is 22.0. The van der Waals surface area contributed by atoms with Gasteiger partial charge in [-0.25, -0.2) is 4.39 Å². The average molecular weight is 508 g/mol. The normalized spacial score (nSPS) is 16.7. The fourth-order valence-electron chi connectivity index (χ4n) is 4.59. The van der Waals surface area contributed by atoms with Crippen LogP contribution in [0.4, 0.5) is 15.8 Å². The number of halogens is 1. The molecule has 2 aliphatic rings. The first-order chi connectivity index (χ1) is 18.1. The van der Waals surface area contributed by atoms with E-state index in [1.54, 1.807) is 18.2 Å². The molecule has 1 aliphatic carbocycles. The van der Waals surface area contributed by atoms with Gasteiger partial charge in [-0.3, -0.25) is 9.99 Å². The van der Waals surface area contributed by atoms with Gasteiger partial charge in [-0.05, 0) is 48.1 Å². The van der Waals surface area contributed by atoms with Gasteiger partial charge in [0.15, 0.2) is 0 Å². The van der Waals surface area contributed by atoms with Crippen molar-refractivity contribution in [3.05, 3.63) is 77.0 Å². The van der Waals surface area contributed by atoms with Crippen LogP contribution >= 0.6 is 0 Å². The van der Waals surface area contributed by atoms with Crippen LogP contribution < -0.4 is 21.6 Å². The maximum absolute atomic E-state index is 13.9. The molecule has 1 fully saturated rings.